The second kappa shape index (κ2) is 9.59. The van der Waals surface area contributed by atoms with Gasteiger partial charge in [0, 0.05) is 17.4 Å². The number of carboxylic acid groups (broad SMARTS) is 1. The van der Waals surface area contributed by atoms with Gasteiger partial charge in [-0.25, -0.2) is 0 Å². The summed E-state index contributed by atoms with van der Waals surface area (Å²) in [5, 5.41) is 10.6. The minimum absolute atomic E-state index is 0. The van der Waals surface area contributed by atoms with Gasteiger partial charge in [-0.05, 0) is 12.8 Å². The maximum absolute atomic E-state index is 9.96. The average molecular weight is 199 g/mol. The number of carbonyl (C=O) groups is 1. The van der Waals surface area contributed by atoms with Crippen LogP contribution in [-0.2, 0) is 4.79 Å². The molecule has 0 aliphatic heterocycles. The summed E-state index contributed by atoms with van der Waals surface area (Å²) in [6.07, 6.45) is 4.25. The van der Waals surface area contributed by atoms with Crippen molar-refractivity contribution in [3.05, 3.63) is 11.1 Å². The van der Waals surface area contributed by atoms with Crippen molar-refractivity contribution in [3.8, 4) is 0 Å². The fourth-order valence-electron chi connectivity index (χ4n) is 0.642. The minimum Gasteiger partial charge on any atom is -0.550 e. The zero-order chi connectivity index (χ0) is 8.69. The molecule has 0 radical (unpaired) electrons. The number of rotatable bonds is 5. The topological polar surface area (TPSA) is 40.1 Å². The molecule has 0 bridgehead atoms. The third kappa shape index (κ3) is 10.5. The molecule has 0 N–H and O–H groups in total. The largest absolute Gasteiger partial charge is 1.00 e. The van der Waals surface area contributed by atoms with E-state index in [9.17, 15) is 9.90 Å². The number of carbonyl (C=O) groups excluding carboxylic acids is 1. The van der Waals surface area contributed by atoms with Gasteiger partial charge in [0.05, 0.1) is 0 Å². The van der Waals surface area contributed by atoms with Gasteiger partial charge in [0.1, 0.15) is 0 Å². The Labute approximate surface area is 100 Å². The quantitative estimate of drug-likeness (QED) is 0.502. The molecule has 0 aromatic heterocycles. The zero-order valence-electron chi connectivity index (χ0n) is 7.60. The molecular formula is C8H12ClNaO2. The molecule has 0 aromatic carbocycles. The first-order chi connectivity index (χ1) is 5.16. The third-order valence-electron chi connectivity index (χ3n) is 1.26. The van der Waals surface area contributed by atoms with E-state index >= 15 is 0 Å². The molecular weight excluding hydrogens is 187 g/mol. The summed E-state index contributed by atoms with van der Waals surface area (Å²) in [5.41, 5.74) is 0. The van der Waals surface area contributed by atoms with Crippen LogP contribution in [0.25, 0.3) is 0 Å². The number of allylic oxidation sites excluding steroid dienone is 1. The van der Waals surface area contributed by atoms with Crippen LogP contribution in [0.5, 0.6) is 0 Å². The summed E-state index contributed by atoms with van der Waals surface area (Å²) in [6, 6.07) is 0. The number of carboxylic acids is 1. The Hall–Kier alpha value is 0.500. The van der Waals surface area contributed by atoms with Gasteiger partial charge in [-0.15, -0.1) is 0 Å². The number of halogens is 1. The van der Waals surface area contributed by atoms with Crippen LogP contribution in [0.3, 0.4) is 0 Å². The number of hydrogen-bond acceptors (Lipinski definition) is 2. The van der Waals surface area contributed by atoms with Gasteiger partial charge in [0.15, 0.2) is 0 Å². The first-order valence-corrected chi connectivity index (χ1v) is 4.09. The maximum atomic E-state index is 9.96. The van der Waals surface area contributed by atoms with Crippen molar-refractivity contribution >= 4 is 17.6 Å². The fourth-order valence-corrected chi connectivity index (χ4v) is 0.853. The molecule has 0 fully saturated rings. The van der Waals surface area contributed by atoms with Gasteiger partial charge in [0.25, 0.3) is 0 Å². The van der Waals surface area contributed by atoms with Crippen LogP contribution in [-0.4, -0.2) is 5.97 Å². The van der Waals surface area contributed by atoms with Crippen molar-refractivity contribution in [3.63, 3.8) is 0 Å². The molecule has 0 aromatic rings. The molecule has 0 rings (SSSR count). The molecule has 0 heterocycles. The molecule has 0 unspecified atom stereocenters. The zero-order valence-corrected chi connectivity index (χ0v) is 10.4. The maximum Gasteiger partial charge on any atom is 1.00 e. The van der Waals surface area contributed by atoms with E-state index in [1.807, 2.05) is 0 Å². The number of aliphatic carboxylic acids is 1. The number of unbranched alkanes of at least 4 members (excludes halogenated alkanes) is 1. The van der Waals surface area contributed by atoms with Crippen LogP contribution in [0.15, 0.2) is 11.1 Å². The minimum atomic E-state index is -1.08. The first kappa shape index (κ1) is 15.0. The van der Waals surface area contributed by atoms with Crippen LogP contribution in [0.4, 0.5) is 0 Å². The molecule has 2 nitrogen and oxygen atoms in total. The van der Waals surface area contributed by atoms with Crippen molar-refractivity contribution in [2.24, 2.45) is 0 Å². The van der Waals surface area contributed by atoms with Gasteiger partial charge in [-0.2, -0.15) is 0 Å². The first-order valence-electron chi connectivity index (χ1n) is 3.71. The van der Waals surface area contributed by atoms with E-state index in [2.05, 4.69) is 6.92 Å². The summed E-state index contributed by atoms with van der Waals surface area (Å²) in [6.45, 7) is 2.06. The van der Waals surface area contributed by atoms with Gasteiger partial charge in [0.2, 0.25) is 0 Å². The van der Waals surface area contributed by atoms with E-state index in [-0.39, 0.29) is 36.0 Å². The average Bonchev–Trinajstić information content (AvgIpc) is 1.97. The Morgan fingerprint density at radius 3 is 2.58 bits per heavy atom. The molecule has 0 saturated heterocycles. The van der Waals surface area contributed by atoms with E-state index in [0.717, 1.165) is 19.3 Å². The molecule has 0 spiro atoms. The van der Waals surface area contributed by atoms with E-state index < -0.39 is 5.97 Å². The summed E-state index contributed by atoms with van der Waals surface area (Å²) in [7, 11) is 0. The van der Waals surface area contributed by atoms with Crippen molar-refractivity contribution in [2.45, 2.75) is 32.6 Å². The molecule has 0 amide bonds. The van der Waals surface area contributed by atoms with Crippen LogP contribution >= 0.6 is 11.6 Å². The Balaban J connectivity index is 0. The van der Waals surface area contributed by atoms with Gasteiger partial charge in [-0.1, -0.05) is 31.0 Å². The molecule has 0 saturated carbocycles. The van der Waals surface area contributed by atoms with E-state index in [0.29, 0.717) is 5.03 Å². The van der Waals surface area contributed by atoms with Crippen molar-refractivity contribution in [1.82, 2.24) is 0 Å². The third-order valence-corrected chi connectivity index (χ3v) is 1.60. The number of hydrogen-bond donors (Lipinski definition) is 0. The standard InChI is InChI=1S/C8H13ClO2.Na/c1-2-3-4-7(9)5-6-8(10)11;/h5H,2-4,6H2,1H3,(H,10,11);/q;+1/p-1/b7-5-;. The SMILES string of the molecule is CCCC/C(Cl)=C/CC(=O)[O-].[Na+]. The smallest absolute Gasteiger partial charge is 0.550 e. The summed E-state index contributed by atoms with van der Waals surface area (Å²) in [4.78, 5) is 9.96. The molecule has 64 valence electrons. The fraction of sp³-hybridized carbons (Fsp3) is 0.625. The molecule has 0 atom stereocenters. The molecule has 4 heteroatoms. The Kier molecular flexibility index (Phi) is 12.0. The van der Waals surface area contributed by atoms with Crippen LogP contribution in [0.2, 0.25) is 0 Å². The van der Waals surface area contributed by atoms with E-state index in [1.165, 1.54) is 6.08 Å². The summed E-state index contributed by atoms with van der Waals surface area (Å²) < 4.78 is 0. The molecule has 12 heavy (non-hydrogen) atoms. The normalized spacial score (nSPS) is 10.7. The summed E-state index contributed by atoms with van der Waals surface area (Å²) in [5.74, 6) is -1.08. The second-order valence-corrected chi connectivity index (χ2v) is 2.82. The predicted molar refractivity (Wildman–Crippen MR) is 43.1 cm³/mol. The Morgan fingerprint density at radius 2 is 2.17 bits per heavy atom. The van der Waals surface area contributed by atoms with Crippen LogP contribution in [0.1, 0.15) is 32.6 Å². The molecule has 0 aliphatic carbocycles. The van der Waals surface area contributed by atoms with Gasteiger partial charge in [-0.3, -0.25) is 0 Å². The predicted octanol–water partition coefficient (Wildman–Crippen LogP) is -1.56. The van der Waals surface area contributed by atoms with Crippen LogP contribution < -0.4 is 34.7 Å². The van der Waals surface area contributed by atoms with E-state index in [1.54, 1.807) is 0 Å². The van der Waals surface area contributed by atoms with Crippen molar-refractivity contribution in [1.29, 1.82) is 0 Å². The van der Waals surface area contributed by atoms with Gasteiger partial charge < -0.3 is 9.90 Å². The Morgan fingerprint density at radius 1 is 1.58 bits per heavy atom. The molecule has 0 aliphatic rings. The van der Waals surface area contributed by atoms with Crippen molar-refractivity contribution in [2.75, 3.05) is 0 Å². The van der Waals surface area contributed by atoms with Crippen LogP contribution in [0, 0.1) is 0 Å². The Bertz CT molecular complexity index is 157. The summed E-state index contributed by atoms with van der Waals surface area (Å²) >= 11 is 5.67. The van der Waals surface area contributed by atoms with E-state index in [4.69, 9.17) is 11.6 Å². The monoisotopic (exact) mass is 198 g/mol. The second-order valence-electron chi connectivity index (χ2n) is 2.33. The van der Waals surface area contributed by atoms with Crippen molar-refractivity contribution < 1.29 is 39.5 Å². The van der Waals surface area contributed by atoms with Gasteiger partial charge >= 0.3 is 29.6 Å².